The van der Waals surface area contributed by atoms with Crippen molar-refractivity contribution in [1.82, 2.24) is 15.0 Å². The van der Waals surface area contributed by atoms with E-state index in [2.05, 4.69) is 15.0 Å². The molecule has 2 aromatic rings. The lowest BCUT2D eigenvalue weighted by molar-refractivity contribution is 0.0945. The SMILES string of the molecule is CC(C)CNC(=O)c1nsc(C(=O)NCc2ccc(F)cc2)c1N. The number of hydrogen-bond donors (Lipinski definition) is 3. The summed E-state index contributed by atoms with van der Waals surface area (Å²) in [4.78, 5) is 24.4. The molecule has 6 nitrogen and oxygen atoms in total. The van der Waals surface area contributed by atoms with Crippen molar-refractivity contribution in [3.8, 4) is 0 Å². The van der Waals surface area contributed by atoms with Gasteiger partial charge in [0.15, 0.2) is 5.69 Å². The van der Waals surface area contributed by atoms with Crippen molar-refractivity contribution >= 4 is 29.0 Å². The molecular weight excluding hydrogens is 331 g/mol. The van der Waals surface area contributed by atoms with Crippen LogP contribution in [0.4, 0.5) is 10.1 Å². The van der Waals surface area contributed by atoms with Gasteiger partial charge in [-0.3, -0.25) is 9.59 Å². The van der Waals surface area contributed by atoms with E-state index in [1.807, 2.05) is 13.8 Å². The highest BCUT2D eigenvalue weighted by Gasteiger charge is 2.21. The molecule has 0 fully saturated rings. The van der Waals surface area contributed by atoms with Gasteiger partial charge in [0.1, 0.15) is 10.7 Å². The number of nitrogen functional groups attached to an aromatic ring is 1. The maximum absolute atomic E-state index is 12.8. The van der Waals surface area contributed by atoms with Crippen LogP contribution >= 0.6 is 11.5 Å². The van der Waals surface area contributed by atoms with Gasteiger partial charge in [-0.05, 0) is 35.1 Å². The van der Waals surface area contributed by atoms with Crippen molar-refractivity contribution in [2.24, 2.45) is 5.92 Å². The molecule has 0 unspecified atom stereocenters. The topological polar surface area (TPSA) is 97.1 Å². The van der Waals surface area contributed by atoms with E-state index < -0.39 is 11.8 Å². The lowest BCUT2D eigenvalue weighted by Crippen LogP contribution is -2.28. The first-order chi connectivity index (χ1) is 11.4. The number of halogens is 1. The number of hydrogen-bond acceptors (Lipinski definition) is 5. The first-order valence-electron chi connectivity index (χ1n) is 7.44. The zero-order valence-corrected chi connectivity index (χ0v) is 14.2. The zero-order valence-electron chi connectivity index (χ0n) is 13.4. The van der Waals surface area contributed by atoms with Gasteiger partial charge in [0.25, 0.3) is 11.8 Å². The number of aromatic nitrogens is 1. The third-order valence-corrected chi connectivity index (χ3v) is 4.05. The van der Waals surface area contributed by atoms with Crippen LogP contribution in [0.15, 0.2) is 24.3 Å². The summed E-state index contributed by atoms with van der Waals surface area (Å²) in [6.07, 6.45) is 0. The van der Waals surface area contributed by atoms with E-state index in [9.17, 15) is 14.0 Å². The van der Waals surface area contributed by atoms with Gasteiger partial charge in [0.05, 0.1) is 5.69 Å². The average Bonchev–Trinajstić information content (AvgIpc) is 2.93. The van der Waals surface area contributed by atoms with Gasteiger partial charge in [-0.1, -0.05) is 26.0 Å². The van der Waals surface area contributed by atoms with E-state index in [-0.39, 0.29) is 28.6 Å². The van der Waals surface area contributed by atoms with Crippen LogP contribution in [0.1, 0.15) is 39.6 Å². The summed E-state index contributed by atoms with van der Waals surface area (Å²) < 4.78 is 16.8. The summed E-state index contributed by atoms with van der Waals surface area (Å²) in [5.41, 5.74) is 6.76. The predicted molar refractivity (Wildman–Crippen MR) is 91.3 cm³/mol. The van der Waals surface area contributed by atoms with Gasteiger partial charge in [0, 0.05) is 13.1 Å². The van der Waals surface area contributed by atoms with Gasteiger partial charge < -0.3 is 16.4 Å². The van der Waals surface area contributed by atoms with E-state index >= 15 is 0 Å². The number of nitrogens with one attached hydrogen (secondary N) is 2. The van der Waals surface area contributed by atoms with E-state index in [0.717, 1.165) is 17.1 Å². The second-order valence-electron chi connectivity index (χ2n) is 5.69. The summed E-state index contributed by atoms with van der Waals surface area (Å²) in [5.74, 6) is -0.853. The first-order valence-corrected chi connectivity index (χ1v) is 8.21. The molecule has 0 spiro atoms. The van der Waals surface area contributed by atoms with Crippen LogP contribution in [-0.2, 0) is 6.54 Å². The van der Waals surface area contributed by atoms with E-state index in [0.29, 0.717) is 12.5 Å². The van der Waals surface area contributed by atoms with Gasteiger partial charge in [-0.25, -0.2) is 4.39 Å². The molecule has 24 heavy (non-hydrogen) atoms. The molecule has 2 amide bonds. The molecule has 1 aromatic carbocycles. The molecule has 1 heterocycles. The Kier molecular flexibility index (Phi) is 5.86. The smallest absolute Gasteiger partial charge is 0.273 e. The van der Waals surface area contributed by atoms with E-state index in [1.165, 1.54) is 12.1 Å². The van der Waals surface area contributed by atoms with Crippen molar-refractivity contribution in [2.45, 2.75) is 20.4 Å². The molecule has 128 valence electrons. The summed E-state index contributed by atoms with van der Waals surface area (Å²) in [6, 6.07) is 5.80. The molecule has 2 rings (SSSR count). The van der Waals surface area contributed by atoms with Crippen molar-refractivity contribution in [2.75, 3.05) is 12.3 Å². The van der Waals surface area contributed by atoms with Crippen LogP contribution < -0.4 is 16.4 Å². The third kappa shape index (κ3) is 4.51. The number of anilines is 1. The zero-order chi connectivity index (χ0) is 17.7. The predicted octanol–water partition coefficient (Wildman–Crippen LogP) is 2.18. The van der Waals surface area contributed by atoms with Crippen LogP contribution in [-0.4, -0.2) is 22.7 Å². The summed E-state index contributed by atoms with van der Waals surface area (Å²) in [5, 5.41) is 5.39. The minimum atomic E-state index is -0.419. The van der Waals surface area contributed by atoms with Crippen LogP contribution in [0.25, 0.3) is 0 Å². The summed E-state index contributed by atoms with van der Waals surface area (Å²) in [7, 11) is 0. The van der Waals surface area contributed by atoms with Crippen molar-refractivity contribution in [3.05, 3.63) is 46.2 Å². The van der Waals surface area contributed by atoms with Crippen LogP contribution in [0, 0.1) is 11.7 Å². The molecule has 0 bridgehead atoms. The van der Waals surface area contributed by atoms with Gasteiger partial charge >= 0.3 is 0 Å². The number of rotatable bonds is 6. The number of carbonyl (C=O) groups is 2. The molecule has 0 saturated heterocycles. The Morgan fingerprint density at radius 2 is 1.88 bits per heavy atom. The number of nitrogens with two attached hydrogens (primary N) is 1. The first kappa shape index (κ1) is 17.9. The molecule has 0 atom stereocenters. The Balaban J connectivity index is 2.00. The fourth-order valence-corrected chi connectivity index (χ4v) is 2.58. The maximum atomic E-state index is 12.8. The van der Waals surface area contributed by atoms with Crippen LogP contribution in [0.2, 0.25) is 0 Å². The Morgan fingerprint density at radius 1 is 1.21 bits per heavy atom. The van der Waals surface area contributed by atoms with Crippen molar-refractivity contribution < 1.29 is 14.0 Å². The summed E-state index contributed by atoms with van der Waals surface area (Å²) in [6.45, 7) is 4.67. The van der Waals surface area contributed by atoms with E-state index in [4.69, 9.17) is 5.73 Å². The van der Waals surface area contributed by atoms with Gasteiger partial charge in [-0.2, -0.15) is 4.37 Å². The second-order valence-corrected chi connectivity index (χ2v) is 6.46. The lowest BCUT2D eigenvalue weighted by Gasteiger charge is -2.07. The quantitative estimate of drug-likeness (QED) is 0.744. The molecule has 0 radical (unpaired) electrons. The molecule has 0 aliphatic carbocycles. The number of benzene rings is 1. The fourth-order valence-electron chi connectivity index (χ4n) is 1.87. The minimum absolute atomic E-state index is 0.0626. The Hall–Kier alpha value is -2.48. The number of carbonyl (C=O) groups excluding carboxylic acids is 2. The fraction of sp³-hybridized carbons (Fsp3) is 0.312. The molecule has 1 aromatic heterocycles. The van der Waals surface area contributed by atoms with Crippen LogP contribution in [0.5, 0.6) is 0 Å². The molecule has 0 saturated carbocycles. The standard InChI is InChI=1S/C16H19FN4O2S/c1-9(2)7-19-15(22)13-12(18)14(24-21-13)16(23)20-8-10-3-5-11(17)6-4-10/h3-6,9H,7-8,18H2,1-2H3,(H,19,22)(H,20,23). The second kappa shape index (κ2) is 7.87. The Labute approximate surface area is 143 Å². The number of amides is 2. The highest BCUT2D eigenvalue weighted by atomic mass is 32.1. The monoisotopic (exact) mass is 350 g/mol. The van der Waals surface area contributed by atoms with Gasteiger partial charge in [0.2, 0.25) is 0 Å². The minimum Gasteiger partial charge on any atom is -0.395 e. The van der Waals surface area contributed by atoms with Crippen LogP contribution in [0.3, 0.4) is 0 Å². The van der Waals surface area contributed by atoms with E-state index in [1.54, 1.807) is 12.1 Å². The molecule has 4 N–H and O–H groups in total. The number of nitrogens with zero attached hydrogens (tertiary/aromatic N) is 1. The molecular formula is C16H19FN4O2S. The lowest BCUT2D eigenvalue weighted by atomic mass is 10.2. The van der Waals surface area contributed by atoms with Crippen molar-refractivity contribution in [3.63, 3.8) is 0 Å². The third-order valence-electron chi connectivity index (χ3n) is 3.19. The molecule has 0 aliphatic heterocycles. The highest BCUT2D eigenvalue weighted by molar-refractivity contribution is 7.09. The normalized spacial score (nSPS) is 10.7. The molecule has 8 heteroatoms. The van der Waals surface area contributed by atoms with Gasteiger partial charge in [-0.15, -0.1) is 0 Å². The Bertz CT molecular complexity index is 728. The highest BCUT2D eigenvalue weighted by Crippen LogP contribution is 2.21. The Morgan fingerprint density at radius 3 is 2.50 bits per heavy atom. The molecule has 0 aliphatic rings. The average molecular weight is 350 g/mol. The van der Waals surface area contributed by atoms with Crippen molar-refractivity contribution in [1.29, 1.82) is 0 Å². The largest absolute Gasteiger partial charge is 0.395 e. The maximum Gasteiger partial charge on any atom is 0.273 e. The summed E-state index contributed by atoms with van der Waals surface area (Å²) >= 11 is 0.877.